The molecule has 0 N–H and O–H groups in total. The lowest BCUT2D eigenvalue weighted by molar-refractivity contribution is -0.166. The molecule has 6 heteroatoms. The molecular weight excluding hydrogens is 901 g/mol. The molecule has 0 aliphatic heterocycles. The fourth-order valence-electron chi connectivity index (χ4n) is 9.58. The number of hydrogen-bond donors (Lipinski definition) is 0. The van der Waals surface area contributed by atoms with Crippen molar-refractivity contribution < 1.29 is 28.6 Å². The molecule has 0 heterocycles. The number of rotatable bonds is 59. The Morgan fingerprint density at radius 3 is 0.836 bits per heavy atom. The minimum Gasteiger partial charge on any atom is -0.462 e. The van der Waals surface area contributed by atoms with E-state index in [1.807, 2.05) is 6.08 Å². The summed E-state index contributed by atoms with van der Waals surface area (Å²) in [5.41, 5.74) is 0. The molecule has 426 valence electrons. The summed E-state index contributed by atoms with van der Waals surface area (Å²) < 4.78 is 16.8. The minimum atomic E-state index is -0.798. The molecule has 0 saturated carbocycles. The largest absolute Gasteiger partial charge is 0.462 e. The molecule has 6 nitrogen and oxygen atoms in total. The van der Waals surface area contributed by atoms with Crippen LogP contribution in [-0.4, -0.2) is 37.2 Å². The van der Waals surface area contributed by atoms with Crippen molar-refractivity contribution in [2.45, 2.75) is 348 Å². The third-order valence-corrected chi connectivity index (χ3v) is 14.4. The Bertz CT molecular complexity index is 1270. The summed E-state index contributed by atoms with van der Waals surface area (Å²) in [6, 6.07) is 0. The van der Waals surface area contributed by atoms with E-state index in [9.17, 15) is 14.4 Å². The smallest absolute Gasteiger partial charge is 0.306 e. The van der Waals surface area contributed by atoms with Crippen molar-refractivity contribution in [1.29, 1.82) is 0 Å². The monoisotopic (exact) mass is 1020 g/mol. The van der Waals surface area contributed by atoms with Crippen LogP contribution in [0.25, 0.3) is 0 Å². The van der Waals surface area contributed by atoms with Gasteiger partial charge in [0.25, 0.3) is 0 Å². The summed E-state index contributed by atoms with van der Waals surface area (Å²) in [6.07, 6.45) is 77.3. The summed E-state index contributed by atoms with van der Waals surface area (Å²) in [5.74, 6) is -0.956. The lowest BCUT2D eigenvalue weighted by Crippen LogP contribution is -2.30. The van der Waals surface area contributed by atoms with E-state index in [0.29, 0.717) is 19.3 Å². The van der Waals surface area contributed by atoms with Gasteiger partial charge >= 0.3 is 17.9 Å². The average molecular weight is 1020 g/mol. The molecule has 0 aliphatic rings. The molecule has 0 amide bonds. The topological polar surface area (TPSA) is 78.9 Å². The summed E-state index contributed by atoms with van der Waals surface area (Å²) in [6.45, 7) is 6.51. The highest BCUT2D eigenvalue weighted by atomic mass is 16.6. The van der Waals surface area contributed by atoms with Crippen LogP contribution in [0.15, 0.2) is 48.6 Å². The highest BCUT2D eigenvalue weighted by Crippen LogP contribution is 2.18. The number of esters is 3. The molecule has 0 aliphatic carbocycles. The first-order chi connectivity index (χ1) is 36.0. The molecule has 0 spiro atoms. The van der Waals surface area contributed by atoms with Crippen LogP contribution < -0.4 is 0 Å². The lowest BCUT2D eigenvalue weighted by atomic mass is 10.0. The van der Waals surface area contributed by atoms with Crippen LogP contribution in [0, 0.1) is 0 Å². The number of unbranched alkanes of at least 4 members (excludes halogenated alkanes) is 40. The maximum atomic E-state index is 12.9. The van der Waals surface area contributed by atoms with E-state index in [1.54, 1.807) is 0 Å². The molecule has 0 aromatic carbocycles. The van der Waals surface area contributed by atoms with Crippen LogP contribution >= 0.6 is 0 Å². The zero-order chi connectivity index (χ0) is 52.9. The van der Waals surface area contributed by atoms with Gasteiger partial charge in [0.1, 0.15) is 13.2 Å². The van der Waals surface area contributed by atoms with Crippen LogP contribution in [0.1, 0.15) is 342 Å². The van der Waals surface area contributed by atoms with Crippen LogP contribution in [0.5, 0.6) is 0 Å². The van der Waals surface area contributed by atoms with Crippen LogP contribution in [0.2, 0.25) is 0 Å². The predicted octanol–water partition coefficient (Wildman–Crippen LogP) is 21.8. The second-order valence-corrected chi connectivity index (χ2v) is 21.7. The van der Waals surface area contributed by atoms with Crippen molar-refractivity contribution >= 4 is 17.9 Å². The van der Waals surface area contributed by atoms with Gasteiger partial charge in [0, 0.05) is 19.3 Å². The normalized spacial score (nSPS) is 12.3. The van der Waals surface area contributed by atoms with Gasteiger partial charge in [-0.2, -0.15) is 0 Å². The molecule has 1 atom stereocenters. The maximum absolute atomic E-state index is 12.9. The van der Waals surface area contributed by atoms with E-state index in [-0.39, 0.29) is 37.5 Å². The highest BCUT2D eigenvalue weighted by molar-refractivity contribution is 5.71. The van der Waals surface area contributed by atoms with Gasteiger partial charge in [-0.25, -0.2) is 0 Å². The van der Waals surface area contributed by atoms with Gasteiger partial charge in [0.2, 0.25) is 0 Å². The van der Waals surface area contributed by atoms with Crippen molar-refractivity contribution in [3.05, 3.63) is 48.6 Å². The van der Waals surface area contributed by atoms with Crippen LogP contribution in [0.3, 0.4) is 0 Å². The molecule has 0 bridgehead atoms. The van der Waals surface area contributed by atoms with E-state index in [0.717, 1.165) is 64.2 Å². The van der Waals surface area contributed by atoms with Crippen molar-refractivity contribution in [2.75, 3.05) is 13.2 Å². The van der Waals surface area contributed by atoms with E-state index < -0.39 is 6.10 Å². The fourth-order valence-corrected chi connectivity index (χ4v) is 9.58. The van der Waals surface area contributed by atoms with E-state index in [1.165, 1.54) is 231 Å². The first-order valence-corrected chi connectivity index (χ1v) is 32.1. The van der Waals surface area contributed by atoms with Gasteiger partial charge in [0.05, 0.1) is 0 Å². The first kappa shape index (κ1) is 70.4. The van der Waals surface area contributed by atoms with Gasteiger partial charge in [-0.3, -0.25) is 14.4 Å². The number of ether oxygens (including phenoxy) is 3. The molecular formula is C67H122O6. The SMILES string of the molecule is CC/C=C\C/C=C\C/C=C\C/C=C\CCC(=O)OCC(COC(=O)CCCCCCCCCCCCCCCCCCCCCCCCCCCCCC)OC(=O)CCCCCCCCCCCCCCCC. The zero-order valence-corrected chi connectivity index (χ0v) is 48.9. The second kappa shape index (κ2) is 61.9. The van der Waals surface area contributed by atoms with Crippen molar-refractivity contribution in [2.24, 2.45) is 0 Å². The van der Waals surface area contributed by atoms with Crippen LogP contribution in [-0.2, 0) is 28.6 Å². The quantitative estimate of drug-likeness (QED) is 0.0261. The standard InChI is InChI=1S/C67H122O6/c1-4-7-10-13-16-19-22-25-27-28-29-30-31-32-33-34-35-36-37-38-39-40-43-45-48-51-54-57-60-66(69)72-63-64(62-71-65(68)59-56-53-50-47-44-41-24-21-18-15-12-9-6-3)73-67(70)61-58-55-52-49-46-42-26-23-20-17-14-11-8-5-2/h9,12,18,21,41,44,50,53,64H,4-8,10-11,13-17,19-20,22-40,42-43,45-49,51-52,54-63H2,1-3H3/b12-9-,21-18-,44-41-,53-50-. The highest BCUT2D eigenvalue weighted by Gasteiger charge is 2.19. The molecule has 1 unspecified atom stereocenters. The van der Waals surface area contributed by atoms with E-state index in [4.69, 9.17) is 14.2 Å². The van der Waals surface area contributed by atoms with Crippen molar-refractivity contribution in [1.82, 2.24) is 0 Å². The number of carbonyl (C=O) groups is 3. The molecule has 0 saturated heterocycles. The number of allylic oxidation sites excluding steroid dienone is 8. The molecule has 0 aromatic rings. The van der Waals surface area contributed by atoms with Gasteiger partial charge in [-0.15, -0.1) is 0 Å². The van der Waals surface area contributed by atoms with Gasteiger partial charge in [0.15, 0.2) is 6.10 Å². The van der Waals surface area contributed by atoms with E-state index >= 15 is 0 Å². The first-order valence-electron chi connectivity index (χ1n) is 32.1. The zero-order valence-electron chi connectivity index (χ0n) is 48.9. The Morgan fingerprint density at radius 2 is 0.534 bits per heavy atom. The fraction of sp³-hybridized carbons (Fsp3) is 0.836. The third-order valence-electron chi connectivity index (χ3n) is 14.4. The Balaban J connectivity index is 4.18. The number of carbonyl (C=O) groups excluding carboxylic acids is 3. The summed E-state index contributed by atoms with van der Waals surface area (Å²) >= 11 is 0. The molecule has 0 rings (SSSR count). The third kappa shape index (κ3) is 60.1. The average Bonchev–Trinajstić information content (AvgIpc) is 3.39. The number of hydrogen-bond acceptors (Lipinski definition) is 6. The van der Waals surface area contributed by atoms with Crippen LogP contribution in [0.4, 0.5) is 0 Å². The predicted molar refractivity (Wildman–Crippen MR) is 316 cm³/mol. The molecule has 0 aromatic heterocycles. The second-order valence-electron chi connectivity index (χ2n) is 21.7. The molecule has 0 fully saturated rings. The van der Waals surface area contributed by atoms with Crippen molar-refractivity contribution in [3.63, 3.8) is 0 Å². The van der Waals surface area contributed by atoms with Crippen molar-refractivity contribution in [3.8, 4) is 0 Å². The summed E-state index contributed by atoms with van der Waals surface area (Å²) in [7, 11) is 0. The Morgan fingerprint density at radius 1 is 0.288 bits per heavy atom. The Labute approximate surface area is 454 Å². The maximum Gasteiger partial charge on any atom is 0.306 e. The Kier molecular flexibility index (Phi) is 59.7. The molecule has 73 heavy (non-hydrogen) atoms. The lowest BCUT2D eigenvalue weighted by Gasteiger charge is -2.18. The Hall–Kier alpha value is -2.63. The minimum absolute atomic E-state index is 0.0903. The van der Waals surface area contributed by atoms with Gasteiger partial charge < -0.3 is 14.2 Å². The summed E-state index contributed by atoms with van der Waals surface area (Å²) in [5, 5.41) is 0. The van der Waals surface area contributed by atoms with E-state index in [2.05, 4.69) is 63.3 Å². The van der Waals surface area contributed by atoms with Gasteiger partial charge in [-0.05, 0) is 44.9 Å². The van der Waals surface area contributed by atoms with Gasteiger partial charge in [-0.1, -0.05) is 326 Å². The summed E-state index contributed by atoms with van der Waals surface area (Å²) in [4.78, 5) is 38.2. The molecule has 0 radical (unpaired) electrons.